The van der Waals surface area contributed by atoms with Crippen molar-refractivity contribution >= 4 is 5.82 Å². The molecule has 0 bridgehead atoms. The van der Waals surface area contributed by atoms with E-state index in [0.717, 1.165) is 17.1 Å². The van der Waals surface area contributed by atoms with Gasteiger partial charge in [0.25, 0.3) is 0 Å². The number of hydrogen-bond donors (Lipinski definition) is 0. The molecule has 0 amide bonds. The molecule has 20 heavy (non-hydrogen) atoms. The highest BCUT2D eigenvalue weighted by molar-refractivity contribution is 5.45. The third kappa shape index (κ3) is 3.17. The van der Waals surface area contributed by atoms with E-state index in [1.165, 1.54) is 6.07 Å². The molecular formula is C15H17FN2O2. The van der Waals surface area contributed by atoms with Gasteiger partial charge in [-0.3, -0.25) is 0 Å². The standard InChI is InChI=1S/C15H17FN2O2/c1-18(15-6-4-5-14(16)17-15)10-11-9-12(19-2)7-8-13(11)20-3/h4-9H,10H2,1-3H3. The maximum absolute atomic E-state index is 13.1. The topological polar surface area (TPSA) is 34.6 Å². The normalized spacial score (nSPS) is 10.2. The quantitative estimate of drug-likeness (QED) is 0.786. The molecule has 0 aliphatic rings. The number of rotatable bonds is 5. The highest BCUT2D eigenvalue weighted by atomic mass is 19.1. The Morgan fingerprint density at radius 2 is 1.95 bits per heavy atom. The molecule has 0 fully saturated rings. The summed E-state index contributed by atoms with van der Waals surface area (Å²) < 4.78 is 23.7. The van der Waals surface area contributed by atoms with Crippen molar-refractivity contribution in [3.63, 3.8) is 0 Å². The molecule has 106 valence electrons. The van der Waals surface area contributed by atoms with Crippen molar-refractivity contribution in [3.05, 3.63) is 47.9 Å². The lowest BCUT2D eigenvalue weighted by molar-refractivity contribution is 0.398. The Balaban J connectivity index is 2.24. The van der Waals surface area contributed by atoms with Crippen LogP contribution >= 0.6 is 0 Å². The number of halogens is 1. The Morgan fingerprint density at radius 3 is 2.60 bits per heavy atom. The lowest BCUT2D eigenvalue weighted by atomic mass is 10.1. The summed E-state index contributed by atoms with van der Waals surface area (Å²) in [5.41, 5.74) is 0.945. The Labute approximate surface area is 117 Å². The monoisotopic (exact) mass is 276 g/mol. The van der Waals surface area contributed by atoms with Crippen molar-refractivity contribution in [1.82, 2.24) is 4.98 Å². The molecule has 2 aromatic rings. The van der Waals surface area contributed by atoms with E-state index in [1.54, 1.807) is 26.4 Å². The molecule has 0 atom stereocenters. The van der Waals surface area contributed by atoms with Crippen LogP contribution in [0.4, 0.5) is 10.2 Å². The summed E-state index contributed by atoms with van der Waals surface area (Å²) >= 11 is 0. The Bertz CT molecular complexity index is 590. The van der Waals surface area contributed by atoms with Crippen LogP contribution in [0.1, 0.15) is 5.56 Å². The average molecular weight is 276 g/mol. The molecule has 0 N–H and O–H groups in total. The predicted octanol–water partition coefficient (Wildman–Crippen LogP) is 2.87. The third-order valence-corrected chi connectivity index (χ3v) is 2.99. The molecule has 0 radical (unpaired) electrons. The van der Waals surface area contributed by atoms with Crippen LogP contribution in [-0.2, 0) is 6.54 Å². The van der Waals surface area contributed by atoms with Gasteiger partial charge in [0.15, 0.2) is 0 Å². The lowest BCUT2D eigenvalue weighted by Crippen LogP contribution is -2.18. The smallest absolute Gasteiger partial charge is 0.214 e. The van der Waals surface area contributed by atoms with Gasteiger partial charge in [-0.1, -0.05) is 6.07 Å². The molecule has 0 aliphatic heterocycles. The second-order valence-corrected chi connectivity index (χ2v) is 4.35. The number of ether oxygens (including phenoxy) is 2. The van der Waals surface area contributed by atoms with Crippen molar-refractivity contribution in [3.8, 4) is 11.5 Å². The van der Waals surface area contributed by atoms with Gasteiger partial charge in [-0.15, -0.1) is 0 Å². The van der Waals surface area contributed by atoms with Crippen LogP contribution in [0.25, 0.3) is 0 Å². The summed E-state index contributed by atoms with van der Waals surface area (Å²) in [5, 5.41) is 0. The van der Waals surface area contributed by atoms with Crippen molar-refractivity contribution < 1.29 is 13.9 Å². The van der Waals surface area contributed by atoms with Crippen LogP contribution in [0.5, 0.6) is 11.5 Å². The van der Waals surface area contributed by atoms with Crippen LogP contribution in [0.3, 0.4) is 0 Å². The molecule has 0 saturated carbocycles. The molecule has 2 rings (SSSR count). The van der Waals surface area contributed by atoms with Gasteiger partial charge in [0.05, 0.1) is 14.2 Å². The molecule has 1 aromatic heterocycles. The summed E-state index contributed by atoms with van der Waals surface area (Å²) in [6.45, 7) is 0.539. The second kappa shape index (κ2) is 6.23. The van der Waals surface area contributed by atoms with Crippen LogP contribution in [0.15, 0.2) is 36.4 Å². The van der Waals surface area contributed by atoms with E-state index >= 15 is 0 Å². The molecule has 5 heteroatoms. The average Bonchev–Trinajstić information content (AvgIpc) is 2.47. The van der Waals surface area contributed by atoms with Gasteiger partial charge in [-0.25, -0.2) is 4.98 Å². The lowest BCUT2D eigenvalue weighted by Gasteiger charge is -2.20. The van der Waals surface area contributed by atoms with Gasteiger partial charge in [0.1, 0.15) is 17.3 Å². The van der Waals surface area contributed by atoms with Gasteiger partial charge in [0, 0.05) is 19.2 Å². The largest absolute Gasteiger partial charge is 0.497 e. The predicted molar refractivity (Wildman–Crippen MR) is 75.8 cm³/mol. The highest BCUT2D eigenvalue weighted by Crippen LogP contribution is 2.26. The number of hydrogen-bond acceptors (Lipinski definition) is 4. The van der Waals surface area contributed by atoms with E-state index in [1.807, 2.05) is 30.1 Å². The minimum absolute atomic E-state index is 0.494. The van der Waals surface area contributed by atoms with Gasteiger partial charge in [-0.05, 0) is 30.3 Å². The molecular weight excluding hydrogens is 259 g/mol. The van der Waals surface area contributed by atoms with E-state index < -0.39 is 5.95 Å². The second-order valence-electron chi connectivity index (χ2n) is 4.35. The number of methoxy groups -OCH3 is 2. The van der Waals surface area contributed by atoms with Gasteiger partial charge in [0.2, 0.25) is 5.95 Å². The third-order valence-electron chi connectivity index (χ3n) is 2.99. The Hall–Kier alpha value is -2.30. The van der Waals surface area contributed by atoms with E-state index in [4.69, 9.17) is 9.47 Å². The molecule has 0 aliphatic carbocycles. The van der Waals surface area contributed by atoms with E-state index in [2.05, 4.69) is 4.98 Å². The first-order valence-electron chi connectivity index (χ1n) is 6.18. The van der Waals surface area contributed by atoms with Gasteiger partial charge in [-0.2, -0.15) is 4.39 Å². The zero-order valence-corrected chi connectivity index (χ0v) is 11.8. The zero-order chi connectivity index (χ0) is 14.5. The molecule has 1 aromatic carbocycles. The van der Waals surface area contributed by atoms with Crippen LogP contribution in [0, 0.1) is 5.95 Å². The van der Waals surface area contributed by atoms with Crippen molar-refractivity contribution in [2.24, 2.45) is 0 Å². The van der Waals surface area contributed by atoms with Crippen LogP contribution in [-0.4, -0.2) is 26.3 Å². The molecule has 1 heterocycles. The number of nitrogens with zero attached hydrogens (tertiary/aromatic N) is 2. The van der Waals surface area contributed by atoms with Crippen molar-refractivity contribution in [2.45, 2.75) is 6.54 Å². The molecule has 0 saturated heterocycles. The molecule has 4 nitrogen and oxygen atoms in total. The zero-order valence-electron chi connectivity index (χ0n) is 11.8. The first kappa shape index (κ1) is 14.1. The fourth-order valence-corrected chi connectivity index (χ4v) is 1.95. The Kier molecular flexibility index (Phi) is 4.40. The summed E-state index contributed by atoms with van der Waals surface area (Å²) in [6.07, 6.45) is 0. The summed E-state index contributed by atoms with van der Waals surface area (Å²) in [5.74, 6) is 1.58. The van der Waals surface area contributed by atoms with Crippen molar-refractivity contribution in [1.29, 1.82) is 0 Å². The SMILES string of the molecule is COc1ccc(OC)c(CN(C)c2cccc(F)n2)c1. The number of benzene rings is 1. The fraction of sp³-hybridized carbons (Fsp3) is 0.267. The number of aromatic nitrogens is 1. The molecule has 0 spiro atoms. The first-order chi connectivity index (χ1) is 9.63. The minimum Gasteiger partial charge on any atom is -0.497 e. The van der Waals surface area contributed by atoms with E-state index in [-0.39, 0.29) is 0 Å². The van der Waals surface area contributed by atoms with Crippen molar-refractivity contribution in [2.75, 3.05) is 26.2 Å². The van der Waals surface area contributed by atoms with Crippen LogP contribution in [0.2, 0.25) is 0 Å². The maximum Gasteiger partial charge on any atom is 0.214 e. The summed E-state index contributed by atoms with van der Waals surface area (Å²) in [4.78, 5) is 5.70. The van der Waals surface area contributed by atoms with E-state index in [0.29, 0.717) is 12.4 Å². The Morgan fingerprint density at radius 1 is 1.15 bits per heavy atom. The first-order valence-corrected chi connectivity index (χ1v) is 6.18. The van der Waals surface area contributed by atoms with E-state index in [9.17, 15) is 4.39 Å². The summed E-state index contributed by atoms with van der Waals surface area (Å²) in [7, 11) is 5.08. The maximum atomic E-state index is 13.1. The fourth-order valence-electron chi connectivity index (χ4n) is 1.95. The number of anilines is 1. The van der Waals surface area contributed by atoms with Gasteiger partial charge >= 0.3 is 0 Å². The van der Waals surface area contributed by atoms with Gasteiger partial charge < -0.3 is 14.4 Å². The highest BCUT2D eigenvalue weighted by Gasteiger charge is 2.10. The van der Waals surface area contributed by atoms with Crippen LogP contribution < -0.4 is 14.4 Å². The minimum atomic E-state index is -0.494. The molecule has 0 unspecified atom stereocenters. The number of pyridine rings is 1. The summed E-state index contributed by atoms with van der Waals surface area (Å²) in [6, 6.07) is 10.3.